The molecule has 86 valence electrons. The molecular formula is C12H16N2O2. The maximum atomic E-state index is 11.6. The van der Waals surface area contributed by atoms with Crippen LogP contribution < -0.4 is 10.6 Å². The number of carbonyl (C=O) groups is 1. The fourth-order valence-corrected chi connectivity index (χ4v) is 1.86. The minimum absolute atomic E-state index is 0.0713. The molecule has 4 nitrogen and oxygen atoms in total. The Morgan fingerprint density at radius 1 is 1.56 bits per heavy atom. The second kappa shape index (κ2) is 4.53. The number of benzene rings is 1. The lowest BCUT2D eigenvalue weighted by atomic mass is 10.2. The van der Waals surface area contributed by atoms with Gasteiger partial charge in [0.2, 0.25) is 0 Å². The van der Waals surface area contributed by atoms with Gasteiger partial charge in [-0.2, -0.15) is 0 Å². The van der Waals surface area contributed by atoms with E-state index in [2.05, 4.69) is 0 Å². The molecule has 2 N–H and O–H groups in total. The number of anilines is 1. The summed E-state index contributed by atoms with van der Waals surface area (Å²) >= 11 is 0. The topological polar surface area (TPSA) is 55.6 Å². The number of nitrogens with zero attached hydrogens (tertiary/aromatic N) is 1. The fraction of sp³-hybridized carbons (Fsp3) is 0.417. The van der Waals surface area contributed by atoms with E-state index in [0.29, 0.717) is 19.5 Å². The van der Waals surface area contributed by atoms with Crippen molar-refractivity contribution in [1.82, 2.24) is 0 Å². The summed E-state index contributed by atoms with van der Waals surface area (Å²) in [5, 5.41) is 0. The number of rotatable bonds is 3. The van der Waals surface area contributed by atoms with Crippen molar-refractivity contribution in [2.75, 3.05) is 18.0 Å². The summed E-state index contributed by atoms with van der Waals surface area (Å²) < 4.78 is 5.22. The van der Waals surface area contributed by atoms with Gasteiger partial charge in [-0.15, -0.1) is 0 Å². The second-order valence-corrected chi connectivity index (χ2v) is 4.03. The highest BCUT2D eigenvalue weighted by Gasteiger charge is 2.31. The zero-order chi connectivity index (χ0) is 11.5. The molecule has 0 aromatic heterocycles. The van der Waals surface area contributed by atoms with E-state index in [0.717, 1.165) is 11.3 Å². The van der Waals surface area contributed by atoms with E-state index in [-0.39, 0.29) is 12.2 Å². The number of carbonyl (C=O) groups excluding carboxylic acids is 1. The van der Waals surface area contributed by atoms with Gasteiger partial charge in [-0.05, 0) is 37.6 Å². The summed E-state index contributed by atoms with van der Waals surface area (Å²) in [4.78, 5) is 13.3. The largest absolute Gasteiger partial charge is 0.444 e. The second-order valence-electron chi connectivity index (χ2n) is 4.03. The number of hydrogen-bond acceptors (Lipinski definition) is 3. The van der Waals surface area contributed by atoms with Crippen molar-refractivity contribution >= 4 is 11.8 Å². The summed E-state index contributed by atoms with van der Waals surface area (Å²) in [5.74, 6) is 0. The predicted octanol–water partition coefficient (Wildman–Crippen LogP) is 1.67. The van der Waals surface area contributed by atoms with Crippen molar-refractivity contribution < 1.29 is 9.53 Å². The molecular weight excluding hydrogens is 204 g/mol. The molecule has 0 bridgehead atoms. The van der Waals surface area contributed by atoms with Crippen molar-refractivity contribution in [2.24, 2.45) is 5.73 Å². The zero-order valence-corrected chi connectivity index (χ0v) is 9.35. The third-order valence-corrected chi connectivity index (χ3v) is 2.68. The molecule has 4 heteroatoms. The Bertz CT molecular complexity index is 392. The molecule has 0 aliphatic carbocycles. The molecule has 1 aliphatic heterocycles. The third kappa shape index (κ3) is 2.17. The van der Waals surface area contributed by atoms with Crippen LogP contribution in [0.15, 0.2) is 24.3 Å². The van der Waals surface area contributed by atoms with E-state index in [1.54, 1.807) is 4.90 Å². The summed E-state index contributed by atoms with van der Waals surface area (Å²) in [6, 6.07) is 7.83. The van der Waals surface area contributed by atoms with Gasteiger partial charge in [0.05, 0.1) is 6.54 Å². The van der Waals surface area contributed by atoms with Gasteiger partial charge >= 0.3 is 6.09 Å². The molecule has 1 fully saturated rings. The number of hydrogen-bond donors (Lipinski definition) is 1. The SMILES string of the molecule is Cc1cccc(N2CC(CCN)OC2=O)c1. The molecule has 1 heterocycles. The van der Waals surface area contributed by atoms with Crippen LogP contribution in [0.25, 0.3) is 0 Å². The molecule has 2 rings (SSSR count). The minimum atomic E-state index is -0.274. The first-order valence-electron chi connectivity index (χ1n) is 5.45. The monoisotopic (exact) mass is 220 g/mol. The molecule has 1 aromatic rings. The Morgan fingerprint density at radius 3 is 3.06 bits per heavy atom. The Hall–Kier alpha value is -1.55. The van der Waals surface area contributed by atoms with E-state index < -0.39 is 0 Å². The molecule has 1 saturated heterocycles. The predicted molar refractivity (Wildman–Crippen MR) is 62.5 cm³/mol. The van der Waals surface area contributed by atoms with Crippen LogP contribution in [-0.4, -0.2) is 25.3 Å². The van der Waals surface area contributed by atoms with Crippen LogP contribution in [0.2, 0.25) is 0 Å². The van der Waals surface area contributed by atoms with E-state index in [9.17, 15) is 4.79 Å². The average molecular weight is 220 g/mol. The Kier molecular flexibility index (Phi) is 3.10. The summed E-state index contributed by atoms with van der Waals surface area (Å²) in [6.07, 6.45) is 0.371. The van der Waals surface area contributed by atoms with Crippen LogP contribution in [0.5, 0.6) is 0 Å². The normalized spacial score (nSPS) is 20.0. The van der Waals surface area contributed by atoms with Gasteiger partial charge < -0.3 is 10.5 Å². The molecule has 0 spiro atoms. The van der Waals surface area contributed by atoms with Gasteiger partial charge in [-0.3, -0.25) is 4.90 Å². The maximum Gasteiger partial charge on any atom is 0.414 e. The van der Waals surface area contributed by atoms with Gasteiger partial charge in [0.15, 0.2) is 0 Å². The van der Waals surface area contributed by atoms with Crippen LogP contribution in [0.1, 0.15) is 12.0 Å². The number of amides is 1. The van der Waals surface area contributed by atoms with Crippen molar-refractivity contribution in [3.8, 4) is 0 Å². The smallest absolute Gasteiger partial charge is 0.414 e. The molecule has 1 atom stereocenters. The van der Waals surface area contributed by atoms with E-state index in [1.165, 1.54) is 0 Å². The minimum Gasteiger partial charge on any atom is -0.444 e. The summed E-state index contributed by atoms with van der Waals surface area (Å²) in [7, 11) is 0. The van der Waals surface area contributed by atoms with Gasteiger partial charge in [0.1, 0.15) is 6.10 Å². The van der Waals surface area contributed by atoms with Crippen LogP contribution in [-0.2, 0) is 4.74 Å². The number of aryl methyl sites for hydroxylation is 1. The van der Waals surface area contributed by atoms with Crippen molar-refractivity contribution in [3.63, 3.8) is 0 Å². The lowest BCUT2D eigenvalue weighted by molar-refractivity contribution is 0.138. The first-order chi connectivity index (χ1) is 7.70. The van der Waals surface area contributed by atoms with E-state index in [1.807, 2.05) is 31.2 Å². The lowest BCUT2D eigenvalue weighted by Crippen LogP contribution is -2.25. The average Bonchev–Trinajstić information content (AvgIpc) is 2.60. The van der Waals surface area contributed by atoms with Gasteiger partial charge in [0.25, 0.3) is 0 Å². The summed E-state index contributed by atoms with van der Waals surface area (Å²) in [6.45, 7) is 3.14. The van der Waals surface area contributed by atoms with Crippen molar-refractivity contribution in [1.29, 1.82) is 0 Å². The van der Waals surface area contributed by atoms with Crippen molar-refractivity contribution in [2.45, 2.75) is 19.4 Å². The molecule has 0 saturated carbocycles. The molecule has 0 radical (unpaired) electrons. The maximum absolute atomic E-state index is 11.6. The highest BCUT2D eigenvalue weighted by Crippen LogP contribution is 2.23. The van der Waals surface area contributed by atoms with E-state index in [4.69, 9.17) is 10.5 Å². The molecule has 1 unspecified atom stereocenters. The molecule has 1 aromatic carbocycles. The fourth-order valence-electron chi connectivity index (χ4n) is 1.86. The highest BCUT2D eigenvalue weighted by atomic mass is 16.6. The standard InChI is InChI=1S/C12H16N2O2/c1-9-3-2-4-10(7-9)14-8-11(5-6-13)16-12(14)15/h2-4,7,11H,5-6,8,13H2,1H3. The van der Waals surface area contributed by atoms with Gasteiger partial charge in [0, 0.05) is 5.69 Å². The van der Waals surface area contributed by atoms with Crippen LogP contribution in [0.3, 0.4) is 0 Å². The van der Waals surface area contributed by atoms with Gasteiger partial charge in [-0.25, -0.2) is 4.79 Å². The van der Waals surface area contributed by atoms with E-state index >= 15 is 0 Å². The quantitative estimate of drug-likeness (QED) is 0.843. The zero-order valence-electron chi connectivity index (χ0n) is 9.35. The Balaban J connectivity index is 2.13. The molecule has 1 amide bonds. The van der Waals surface area contributed by atoms with Crippen LogP contribution >= 0.6 is 0 Å². The van der Waals surface area contributed by atoms with Crippen LogP contribution in [0, 0.1) is 6.92 Å². The Morgan fingerprint density at radius 2 is 2.38 bits per heavy atom. The third-order valence-electron chi connectivity index (χ3n) is 2.68. The first-order valence-corrected chi connectivity index (χ1v) is 5.45. The number of ether oxygens (including phenoxy) is 1. The lowest BCUT2D eigenvalue weighted by Gasteiger charge is -2.13. The van der Waals surface area contributed by atoms with Crippen LogP contribution in [0.4, 0.5) is 10.5 Å². The number of cyclic esters (lactones) is 1. The Labute approximate surface area is 95.0 Å². The van der Waals surface area contributed by atoms with Crippen molar-refractivity contribution in [3.05, 3.63) is 29.8 Å². The first kappa shape index (κ1) is 11.0. The summed E-state index contributed by atoms with van der Waals surface area (Å²) in [5.41, 5.74) is 7.48. The highest BCUT2D eigenvalue weighted by molar-refractivity contribution is 5.89. The molecule has 16 heavy (non-hydrogen) atoms. The van der Waals surface area contributed by atoms with Gasteiger partial charge in [-0.1, -0.05) is 12.1 Å². The molecule has 1 aliphatic rings. The number of nitrogens with two attached hydrogens (primary N) is 1.